The Kier molecular flexibility index (Phi) is 8.32. The smallest absolute Gasteiger partial charge is 0.213 e. The van der Waals surface area contributed by atoms with Crippen LogP contribution in [0.25, 0.3) is 10.9 Å². The number of ketones is 1. The molecule has 0 spiro atoms. The maximum absolute atomic E-state index is 14.1. The van der Waals surface area contributed by atoms with Crippen molar-refractivity contribution in [2.75, 3.05) is 6.61 Å². The molecule has 0 unspecified atom stereocenters. The van der Waals surface area contributed by atoms with Crippen molar-refractivity contribution in [1.82, 2.24) is 14.5 Å². The van der Waals surface area contributed by atoms with Crippen LogP contribution < -0.4 is 0 Å². The first-order chi connectivity index (χ1) is 20.4. The van der Waals surface area contributed by atoms with Crippen molar-refractivity contribution < 1.29 is 9.22 Å². The van der Waals surface area contributed by atoms with Crippen LogP contribution in [0.1, 0.15) is 61.8 Å². The van der Waals surface area contributed by atoms with Gasteiger partial charge in [0.25, 0.3) is 0 Å². The number of hydrogen-bond acceptors (Lipinski definition) is 5. The number of pyridine rings is 2. The Bertz CT molecular complexity index is 1730. The number of aromatic nitrogens is 3. The zero-order valence-corrected chi connectivity index (χ0v) is 27.1. The summed E-state index contributed by atoms with van der Waals surface area (Å²) < 4.78 is 8.78. The fraction of sp³-hybridized carbons (Fsp3) is 0.278. The number of fused-ring (bicyclic) bond motifs is 1. The molecule has 0 aliphatic rings. The quantitative estimate of drug-likeness (QED) is 0.0982. The van der Waals surface area contributed by atoms with Gasteiger partial charge in [-0.15, -0.1) is 0 Å². The van der Waals surface area contributed by atoms with Gasteiger partial charge in [-0.3, -0.25) is 14.8 Å². The van der Waals surface area contributed by atoms with E-state index in [1.165, 1.54) is 0 Å². The molecule has 0 saturated heterocycles. The minimum atomic E-state index is -1.97. The number of carbonyl (C=O) groups excluding carboxylic acids is 1. The second kappa shape index (κ2) is 11.8. The van der Waals surface area contributed by atoms with Crippen LogP contribution in [0.3, 0.4) is 0 Å². The van der Waals surface area contributed by atoms with Crippen molar-refractivity contribution in [3.05, 3.63) is 126 Å². The predicted octanol–water partition coefficient (Wildman–Crippen LogP) is 8.59. The molecule has 3 aromatic heterocycles. The third kappa shape index (κ3) is 6.43. The van der Waals surface area contributed by atoms with Gasteiger partial charge in [-0.2, -0.15) is 0 Å². The molecular formula is C36H40N4O2Si. The van der Waals surface area contributed by atoms with E-state index in [0.717, 1.165) is 27.7 Å². The predicted molar refractivity (Wildman–Crippen MR) is 178 cm³/mol. The van der Waals surface area contributed by atoms with Crippen molar-refractivity contribution in [3.63, 3.8) is 0 Å². The molecule has 0 aliphatic carbocycles. The molecule has 0 aliphatic heterocycles. The summed E-state index contributed by atoms with van der Waals surface area (Å²) in [4.78, 5) is 27.9. The van der Waals surface area contributed by atoms with Crippen LogP contribution in [0, 0.1) is 0 Å². The Morgan fingerprint density at radius 2 is 1.51 bits per heavy atom. The molecule has 0 radical (unpaired) electrons. The summed E-state index contributed by atoms with van der Waals surface area (Å²) in [5.74, 6) is -0.170. The highest BCUT2D eigenvalue weighted by Crippen LogP contribution is 2.38. The molecule has 0 atom stereocenters. The largest absolute Gasteiger partial charge is 0.414 e. The molecule has 5 rings (SSSR count). The van der Waals surface area contributed by atoms with E-state index in [4.69, 9.17) is 9.42 Å². The monoisotopic (exact) mass is 588 g/mol. The SMILES string of the molecule is CC(C)(CO[Si](C)(C)C(C)(C)C)n1cc(C(=O)c2cc(N=C(c3ccccc3)c3ccccc3)ccn2)c2cnccc21. The van der Waals surface area contributed by atoms with Crippen molar-refractivity contribution in [3.8, 4) is 0 Å². The van der Waals surface area contributed by atoms with E-state index in [1.807, 2.05) is 79.0 Å². The van der Waals surface area contributed by atoms with Gasteiger partial charge in [-0.25, -0.2) is 4.99 Å². The lowest BCUT2D eigenvalue weighted by atomic mass is 10.0. The zero-order chi connectivity index (χ0) is 30.8. The summed E-state index contributed by atoms with van der Waals surface area (Å²) >= 11 is 0. The summed E-state index contributed by atoms with van der Waals surface area (Å²) in [7, 11) is -1.97. The Labute approximate surface area is 255 Å². The van der Waals surface area contributed by atoms with E-state index in [2.05, 4.69) is 62.2 Å². The molecule has 0 saturated carbocycles. The average molecular weight is 589 g/mol. The standard InChI is InChI=1S/C36H40N4O2Si/c1-35(2,3)43(6,7)42-25-36(4,5)40-24-30(29-23-37-20-19-32(29)40)34(41)31-22-28(18-21-38-31)39-33(26-14-10-8-11-15-26)27-16-12-9-13-17-27/h8-24H,25H2,1-7H3. The summed E-state index contributed by atoms with van der Waals surface area (Å²) in [6, 6.07) is 25.7. The van der Waals surface area contributed by atoms with Crippen LogP contribution in [0.4, 0.5) is 5.69 Å². The molecule has 0 fully saturated rings. The molecular weight excluding hydrogens is 549 g/mol. The lowest BCUT2D eigenvalue weighted by Gasteiger charge is -2.39. The summed E-state index contributed by atoms with van der Waals surface area (Å²) in [6.07, 6.45) is 7.10. The molecule has 43 heavy (non-hydrogen) atoms. The molecule has 0 N–H and O–H groups in total. The van der Waals surface area contributed by atoms with Gasteiger partial charge in [0.05, 0.1) is 34.6 Å². The Morgan fingerprint density at radius 3 is 2.12 bits per heavy atom. The summed E-state index contributed by atoms with van der Waals surface area (Å²) in [6.45, 7) is 16.1. The highest BCUT2D eigenvalue weighted by Gasteiger charge is 2.39. The van der Waals surface area contributed by atoms with Gasteiger partial charge in [0, 0.05) is 41.3 Å². The number of nitrogens with zero attached hydrogens (tertiary/aromatic N) is 4. The van der Waals surface area contributed by atoms with E-state index in [1.54, 1.807) is 24.7 Å². The zero-order valence-electron chi connectivity index (χ0n) is 26.1. The fourth-order valence-electron chi connectivity index (χ4n) is 4.77. The van der Waals surface area contributed by atoms with Crippen molar-refractivity contribution in [2.45, 2.75) is 58.3 Å². The number of aliphatic imine (C=N–C) groups is 1. The lowest BCUT2D eigenvalue weighted by molar-refractivity contribution is 0.103. The van der Waals surface area contributed by atoms with E-state index in [0.29, 0.717) is 23.6 Å². The Hall–Kier alpha value is -4.20. The Morgan fingerprint density at radius 1 is 0.884 bits per heavy atom. The highest BCUT2D eigenvalue weighted by atomic mass is 28.4. The van der Waals surface area contributed by atoms with Gasteiger partial charge in [0.15, 0.2) is 8.32 Å². The second-order valence-corrected chi connectivity index (χ2v) is 17.9. The first kappa shape index (κ1) is 30.3. The number of rotatable bonds is 9. The van der Waals surface area contributed by atoms with E-state index >= 15 is 0 Å². The first-order valence-corrected chi connectivity index (χ1v) is 17.6. The third-order valence-electron chi connectivity index (χ3n) is 8.41. The van der Waals surface area contributed by atoms with Gasteiger partial charge in [-0.1, -0.05) is 81.4 Å². The molecule has 6 nitrogen and oxygen atoms in total. The van der Waals surface area contributed by atoms with Crippen LogP contribution in [-0.4, -0.2) is 41.0 Å². The van der Waals surface area contributed by atoms with Crippen molar-refractivity contribution >= 4 is 36.4 Å². The van der Waals surface area contributed by atoms with Gasteiger partial charge in [0.2, 0.25) is 5.78 Å². The summed E-state index contributed by atoms with van der Waals surface area (Å²) in [5.41, 5.74) is 4.91. The first-order valence-electron chi connectivity index (χ1n) is 14.7. The molecule has 0 bridgehead atoms. The highest BCUT2D eigenvalue weighted by molar-refractivity contribution is 6.74. The number of hydrogen-bond donors (Lipinski definition) is 0. The van der Waals surface area contributed by atoms with Crippen LogP contribution in [0.15, 0.2) is 109 Å². The number of carbonyl (C=O) groups is 1. The molecule has 220 valence electrons. The molecule has 7 heteroatoms. The van der Waals surface area contributed by atoms with Crippen molar-refractivity contribution in [1.29, 1.82) is 0 Å². The summed E-state index contributed by atoms with van der Waals surface area (Å²) in [5, 5.41) is 0.894. The van der Waals surface area contributed by atoms with Gasteiger partial charge in [0.1, 0.15) is 5.69 Å². The molecule has 2 aromatic carbocycles. The van der Waals surface area contributed by atoms with E-state index in [-0.39, 0.29) is 10.8 Å². The van der Waals surface area contributed by atoms with Crippen molar-refractivity contribution in [2.24, 2.45) is 4.99 Å². The third-order valence-corrected chi connectivity index (χ3v) is 12.9. The van der Waals surface area contributed by atoms with Gasteiger partial charge >= 0.3 is 0 Å². The van der Waals surface area contributed by atoms with Crippen LogP contribution in [0.5, 0.6) is 0 Å². The van der Waals surface area contributed by atoms with E-state index < -0.39 is 13.9 Å². The van der Waals surface area contributed by atoms with Crippen LogP contribution in [0.2, 0.25) is 18.1 Å². The average Bonchev–Trinajstić information content (AvgIpc) is 3.40. The van der Waals surface area contributed by atoms with Gasteiger partial charge < -0.3 is 8.99 Å². The minimum Gasteiger partial charge on any atom is -0.414 e. The maximum Gasteiger partial charge on any atom is 0.213 e. The molecule has 5 aromatic rings. The normalized spacial score (nSPS) is 12.3. The topological polar surface area (TPSA) is 69.4 Å². The van der Waals surface area contributed by atoms with Crippen LogP contribution >= 0.6 is 0 Å². The minimum absolute atomic E-state index is 0.104. The Balaban J connectivity index is 1.52. The molecule has 3 heterocycles. The fourth-order valence-corrected chi connectivity index (χ4v) is 5.91. The lowest BCUT2D eigenvalue weighted by Crippen LogP contribution is -2.45. The second-order valence-electron chi connectivity index (χ2n) is 13.1. The van der Waals surface area contributed by atoms with Crippen LogP contribution in [-0.2, 0) is 9.96 Å². The number of benzene rings is 2. The maximum atomic E-state index is 14.1. The van der Waals surface area contributed by atoms with E-state index in [9.17, 15) is 4.79 Å². The van der Waals surface area contributed by atoms with Gasteiger partial charge in [-0.05, 0) is 50.2 Å². The molecule has 0 amide bonds.